The zero-order valence-corrected chi connectivity index (χ0v) is 9.54. The van der Waals surface area contributed by atoms with Crippen LogP contribution in [0.3, 0.4) is 0 Å². The van der Waals surface area contributed by atoms with Gasteiger partial charge in [0, 0.05) is 12.0 Å². The molecule has 1 aromatic heterocycles. The minimum absolute atomic E-state index is 0.0677. The van der Waals surface area contributed by atoms with Crippen LogP contribution in [-0.4, -0.2) is 5.11 Å². The van der Waals surface area contributed by atoms with Gasteiger partial charge < -0.3 is 9.52 Å². The summed E-state index contributed by atoms with van der Waals surface area (Å²) in [6.07, 6.45) is 2.79. The Labute approximate surface area is 89.7 Å². The lowest BCUT2D eigenvalue weighted by molar-refractivity contribution is 0.275. The molecule has 0 spiro atoms. The molecule has 0 unspecified atom stereocenters. The van der Waals surface area contributed by atoms with E-state index in [0.717, 1.165) is 12.2 Å². The van der Waals surface area contributed by atoms with Crippen molar-refractivity contribution in [2.24, 2.45) is 5.92 Å². The van der Waals surface area contributed by atoms with Crippen molar-refractivity contribution in [3.8, 4) is 0 Å². The van der Waals surface area contributed by atoms with E-state index in [4.69, 9.17) is 9.52 Å². The summed E-state index contributed by atoms with van der Waals surface area (Å²) < 4.78 is 5.40. The largest absolute Gasteiger partial charge is 0.468 e. The van der Waals surface area contributed by atoms with Crippen LogP contribution < -0.4 is 5.43 Å². The quantitative estimate of drug-likeness (QED) is 0.825. The van der Waals surface area contributed by atoms with Crippen molar-refractivity contribution in [2.45, 2.75) is 40.2 Å². The van der Waals surface area contributed by atoms with E-state index in [-0.39, 0.29) is 12.0 Å². The van der Waals surface area contributed by atoms with Crippen molar-refractivity contribution in [3.63, 3.8) is 0 Å². The molecule has 0 atom stereocenters. The second-order valence-electron chi connectivity index (χ2n) is 4.10. The average molecular weight is 210 g/mol. The summed E-state index contributed by atoms with van der Waals surface area (Å²) in [6.45, 7) is 5.84. The molecule has 3 nitrogen and oxygen atoms in total. The number of aliphatic hydroxyl groups excluding tert-OH is 1. The molecule has 0 saturated heterocycles. The average Bonchev–Trinajstić information content (AvgIpc) is 2.18. The predicted molar refractivity (Wildman–Crippen MR) is 58.8 cm³/mol. The van der Waals surface area contributed by atoms with Crippen LogP contribution in [0.25, 0.3) is 0 Å². The van der Waals surface area contributed by atoms with Crippen LogP contribution in [0.1, 0.15) is 37.7 Å². The molecule has 0 aliphatic carbocycles. The molecule has 1 rings (SSSR count). The number of aliphatic hydroxyl groups is 1. The van der Waals surface area contributed by atoms with E-state index < -0.39 is 0 Å². The lowest BCUT2D eigenvalue weighted by Crippen LogP contribution is -2.17. The SMILES string of the molecule is CCc1c(CC(C)C)occ(CO)c1=O. The molecule has 1 aromatic rings. The molecule has 1 N–H and O–H groups in total. The topological polar surface area (TPSA) is 50.4 Å². The number of rotatable bonds is 4. The Morgan fingerprint density at radius 3 is 2.60 bits per heavy atom. The summed E-state index contributed by atoms with van der Waals surface area (Å²) in [5.41, 5.74) is 0.983. The van der Waals surface area contributed by atoms with E-state index in [2.05, 4.69) is 13.8 Å². The van der Waals surface area contributed by atoms with Crippen LogP contribution in [0.15, 0.2) is 15.5 Å². The second-order valence-corrected chi connectivity index (χ2v) is 4.10. The molecule has 0 radical (unpaired) electrons. The zero-order chi connectivity index (χ0) is 11.4. The van der Waals surface area contributed by atoms with Gasteiger partial charge in [-0.3, -0.25) is 4.79 Å². The molecule has 1 heterocycles. The van der Waals surface area contributed by atoms with Gasteiger partial charge in [0.05, 0.1) is 18.4 Å². The Kier molecular flexibility index (Phi) is 4.09. The fourth-order valence-corrected chi connectivity index (χ4v) is 1.60. The molecule has 0 aliphatic rings. The Balaban J connectivity index is 3.19. The predicted octanol–water partition coefficient (Wildman–Crippen LogP) is 1.89. The fourth-order valence-electron chi connectivity index (χ4n) is 1.60. The second kappa shape index (κ2) is 5.12. The summed E-state index contributed by atoms with van der Waals surface area (Å²) >= 11 is 0. The van der Waals surface area contributed by atoms with E-state index >= 15 is 0 Å². The molecule has 3 heteroatoms. The maximum atomic E-state index is 11.8. The summed E-state index contributed by atoms with van der Waals surface area (Å²) in [7, 11) is 0. The van der Waals surface area contributed by atoms with Crippen LogP contribution in [0.2, 0.25) is 0 Å². The van der Waals surface area contributed by atoms with Gasteiger partial charge in [0.25, 0.3) is 0 Å². The molecule has 0 saturated carbocycles. The number of hydrogen-bond donors (Lipinski definition) is 1. The van der Waals surface area contributed by atoms with Crippen LogP contribution >= 0.6 is 0 Å². The number of hydrogen-bond acceptors (Lipinski definition) is 3. The van der Waals surface area contributed by atoms with E-state index in [1.54, 1.807) is 0 Å². The first-order valence-corrected chi connectivity index (χ1v) is 5.33. The molecule has 0 bridgehead atoms. The molecule has 15 heavy (non-hydrogen) atoms. The van der Waals surface area contributed by atoms with Gasteiger partial charge in [0.15, 0.2) is 5.43 Å². The Morgan fingerprint density at radius 2 is 2.13 bits per heavy atom. The van der Waals surface area contributed by atoms with E-state index in [1.165, 1.54) is 6.26 Å². The maximum absolute atomic E-state index is 11.8. The van der Waals surface area contributed by atoms with Crippen molar-refractivity contribution in [1.82, 2.24) is 0 Å². The lowest BCUT2D eigenvalue weighted by atomic mass is 10.0. The van der Waals surface area contributed by atoms with Gasteiger partial charge >= 0.3 is 0 Å². The summed E-state index contributed by atoms with van der Waals surface area (Å²) in [5.74, 6) is 1.22. The minimum atomic E-state index is -0.253. The van der Waals surface area contributed by atoms with Crippen LogP contribution in [0.4, 0.5) is 0 Å². The van der Waals surface area contributed by atoms with Gasteiger partial charge in [-0.2, -0.15) is 0 Å². The van der Waals surface area contributed by atoms with Crippen molar-refractivity contribution in [3.05, 3.63) is 33.4 Å². The van der Waals surface area contributed by atoms with E-state index in [1.807, 2.05) is 6.92 Å². The van der Waals surface area contributed by atoms with E-state index in [9.17, 15) is 4.79 Å². The van der Waals surface area contributed by atoms with Gasteiger partial charge in [0.2, 0.25) is 0 Å². The summed E-state index contributed by atoms with van der Waals surface area (Å²) in [4.78, 5) is 11.8. The van der Waals surface area contributed by atoms with Crippen molar-refractivity contribution in [2.75, 3.05) is 0 Å². The zero-order valence-electron chi connectivity index (χ0n) is 9.54. The minimum Gasteiger partial charge on any atom is -0.468 e. The lowest BCUT2D eigenvalue weighted by Gasteiger charge is -2.09. The third kappa shape index (κ3) is 2.69. The molecule has 0 amide bonds. The van der Waals surface area contributed by atoms with Crippen molar-refractivity contribution >= 4 is 0 Å². The van der Waals surface area contributed by atoms with Gasteiger partial charge in [-0.25, -0.2) is 0 Å². The first-order valence-electron chi connectivity index (χ1n) is 5.33. The van der Waals surface area contributed by atoms with Gasteiger partial charge in [-0.1, -0.05) is 20.8 Å². The smallest absolute Gasteiger partial charge is 0.193 e. The highest BCUT2D eigenvalue weighted by molar-refractivity contribution is 5.23. The summed E-state index contributed by atoms with van der Waals surface area (Å²) in [6, 6.07) is 0. The van der Waals surface area contributed by atoms with Crippen molar-refractivity contribution in [1.29, 1.82) is 0 Å². The molecular weight excluding hydrogens is 192 g/mol. The Bertz CT molecular complexity index is 377. The maximum Gasteiger partial charge on any atom is 0.193 e. The molecule has 84 valence electrons. The molecule has 0 fully saturated rings. The Hall–Kier alpha value is -1.09. The van der Waals surface area contributed by atoms with Crippen LogP contribution in [0, 0.1) is 5.92 Å². The van der Waals surface area contributed by atoms with Crippen LogP contribution in [0.5, 0.6) is 0 Å². The van der Waals surface area contributed by atoms with E-state index in [0.29, 0.717) is 23.5 Å². The van der Waals surface area contributed by atoms with Gasteiger partial charge in [-0.05, 0) is 12.3 Å². The highest BCUT2D eigenvalue weighted by Crippen LogP contribution is 2.12. The third-order valence-corrected chi connectivity index (χ3v) is 2.36. The summed E-state index contributed by atoms with van der Waals surface area (Å²) in [5, 5.41) is 8.95. The fraction of sp³-hybridized carbons (Fsp3) is 0.583. The standard InChI is InChI=1S/C12H18O3/c1-4-10-11(5-8(2)3)15-7-9(6-13)12(10)14/h7-8,13H,4-6H2,1-3H3. The Morgan fingerprint density at radius 1 is 1.47 bits per heavy atom. The normalized spacial score (nSPS) is 11.0. The first kappa shape index (κ1) is 12.0. The highest BCUT2D eigenvalue weighted by atomic mass is 16.3. The molecule has 0 aromatic carbocycles. The van der Waals surface area contributed by atoms with Crippen molar-refractivity contribution < 1.29 is 9.52 Å². The van der Waals surface area contributed by atoms with Gasteiger partial charge in [-0.15, -0.1) is 0 Å². The van der Waals surface area contributed by atoms with Crippen LogP contribution in [-0.2, 0) is 19.4 Å². The molecular formula is C12H18O3. The first-order chi connectivity index (χ1) is 7.10. The third-order valence-electron chi connectivity index (χ3n) is 2.36. The highest BCUT2D eigenvalue weighted by Gasteiger charge is 2.12. The van der Waals surface area contributed by atoms with Gasteiger partial charge in [0.1, 0.15) is 5.76 Å². The monoisotopic (exact) mass is 210 g/mol. The molecule has 0 aliphatic heterocycles.